The highest BCUT2D eigenvalue weighted by molar-refractivity contribution is 5.78. The highest BCUT2D eigenvalue weighted by atomic mass is 19.1. The van der Waals surface area contributed by atoms with Gasteiger partial charge in [0.05, 0.1) is 6.42 Å². The van der Waals surface area contributed by atoms with Gasteiger partial charge in [-0.25, -0.2) is 4.39 Å². The molecule has 4 heteroatoms. The predicted molar refractivity (Wildman–Crippen MR) is 65.9 cm³/mol. The molecule has 17 heavy (non-hydrogen) atoms. The number of carbonyl (C=O) groups excluding carboxylic acids is 1. The molecule has 1 amide bonds. The number of carbonyl (C=O) groups is 1. The number of hydrogen-bond donors (Lipinski definition) is 2. The van der Waals surface area contributed by atoms with Crippen molar-refractivity contribution in [1.29, 1.82) is 0 Å². The van der Waals surface area contributed by atoms with E-state index in [0.29, 0.717) is 12.1 Å². The maximum atomic E-state index is 12.9. The zero-order valence-electron chi connectivity index (χ0n) is 10.2. The minimum absolute atomic E-state index is 0.0314. The van der Waals surface area contributed by atoms with Crippen LogP contribution in [-0.2, 0) is 11.2 Å². The third-order valence-corrected chi connectivity index (χ3v) is 2.66. The molecule has 1 rings (SSSR count). The molecule has 0 bridgehead atoms. The highest BCUT2D eigenvalue weighted by Crippen LogP contribution is 2.05. The van der Waals surface area contributed by atoms with Crippen LogP contribution in [0.5, 0.6) is 0 Å². The van der Waals surface area contributed by atoms with Crippen LogP contribution in [0.4, 0.5) is 4.39 Å². The lowest BCUT2D eigenvalue weighted by molar-refractivity contribution is -0.121. The minimum Gasteiger partial charge on any atom is -0.352 e. The van der Waals surface area contributed by atoms with Crippen LogP contribution < -0.4 is 11.1 Å². The van der Waals surface area contributed by atoms with Crippen LogP contribution in [0.15, 0.2) is 24.3 Å². The van der Waals surface area contributed by atoms with Crippen LogP contribution in [0.1, 0.15) is 19.4 Å². The van der Waals surface area contributed by atoms with Gasteiger partial charge in [0.1, 0.15) is 5.82 Å². The second-order valence-electron chi connectivity index (χ2n) is 4.46. The quantitative estimate of drug-likeness (QED) is 0.816. The number of nitrogens with two attached hydrogens (primary N) is 1. The fourth-order valence-electron chi connectivity index (χ4n) is 1.59. The summed E-state index contributed by atoms with van der Waals surface area (Å²) in [5.41, 5.74) is 6.23. The van der Waals surface area contributed by atoms with Gasteiger partial charge in [0.15, 0.2) is 0 Å². The van der Waals surface area contributed by atoms with Crippen molar-refractivity contribution in [1.82, 2.24) is 5.32 Å². The largest absolute Gasteiger partial charge is 0.352 e. The molecule has 0 saturated heterocycles. The van der Waals surface area contributed by atoms with E-state index in [-0.39, 0.29) is 30.1 Å². The zero-order valence-corrected chi connectivity index (χ0v) is 10.2. The molecule has 0 aliphatic carbocycles. The summed E-state index contributed by atoms with van der Waals surface area (Å²) in [7, 11) is 0. The summed E-state index contributed by atoms with van der Waals surface area (Å²) in [5.74, 6) is -0.161. The van der Waals surface area contributed by atoms with Crippen LogP contribution >= 0.6 is 0 Å². The lowest BCUT2D eigenvalue weighted by Crippen LogP contribution is -2.44. The van der Waals surface area contributed by atoms with Gasteiger partial charge in [0.2, 0.25) is 5.91 Å². The molecule has 1 aromatic rings. The fraction of sp³-hybridized carbons (Fsp3) is 0.462. The molecule has 3 N–H and O–H groups in total. The molecule has 0 aromatic heterocycles. The first kappa shape index (κ1) is 13.6. The Balaban J connectivity index is 2.55. The highest BCUT2D eigenvalue weighted by Gasteiger charge is 2.14. The van der Waals surface area contributed by atoms with E-state index in [9.17, 15) is 9.18 Å². The maximum Gasteiger partial charge on any atom is 0.224 e. The smallest absolute Gasteiger partial charge is 0.224 e. The maximum absolute atomic E-state index is 12.9. The van der Waals surface area contributed by atoms with E-state index in [2.05, 4.69) is 5.32 Å². The Morgan fingerprint density at radius 1 is 1.47 bits per heavy atom. The van der Waals surface area contributed by atoms with Crippen LogP contribution in [-0.4, -0.2) is 18.5 Å². The summed E-state index contributed by atoms with van der Waals surface area (Å²) < 4.78 is 12.9. The molecule has 0 aliphatic heterocycles. The summed E-state index contributed by atoms with van der Waals surface area (Å²) >= 11 is 0. The summed E-state index contributed by atoms with van der Waals surface area (Å²) in [4.78, 5) is 11.7. The first-order chi connectivity index (χ1) is 8.02. The van der Waals surface area contributed by atoms with Crippen molar-refractivity contribution in [3.63, 3.8) is 0 Å². The topological polar surface area (TPSA) is 55.1 Å². The first-order valence-corrected chi connectivity index (χ1v) is 5.76. The average Bonchev–Trinajstić information content (AvgIpc) is 2.25. The van der Waals surface area contributed by atoms with Gasteiger partial charge < -0.3 is 11.1 Å². The molecule has 3 nitrogen and oxygen atoms in total. The Morgan fingerprint density at radius 2 is 2.18 bits per heavy atom. The van der Waals surface area contributed by atoms with E-state index >= 15 is 0 Å². The van der Waals surface area contributed by atoms with Gasteiger partial charge in [0, 0.05) is 12.6 Å². The lowest BCUT2D eigenvalue weighted by Gasteiger charge is -2.20. The van der Waals surface area contributed by atoms with E-state index in [0.717, 1.165) is 0 Å². The standard InChI is InChI=1S/C13H19FN2O/c1-9(2)12(8-15)16-13(17)7-10-4-3-5-11(14)6-10/h3-6,9,12H,7-8,15H2,1-2H3,(H,16,17). The number of rotatable bonds is 5. The third kappa shape index (κ3) is 4.53. The van der Waals surface area contributed by atoms with Crippen molar-refractivity contribution in [3.05, 3.63) is 35.6 Å². The van der Waals surface area contributed by atoms with Crippen LogP contribution in [0.25, 0.3) is 0 Å². The summed E-state index contributed by atoms with van der Waals surface area (Å²) in [6.07, 6.45) is 0.182. The van der Waals surface area contributed by atoms with Gasteiger partial charge in [0.25, 0.3) is 0 Å². The molecular formula is C13H19FN2O. The fourth-order valence-corrected chi connectivity index (χ4v) is 1.59. The Morgan fingerprint density at radius 3 is 2.71 bits per heavy atom. The Hall–Kier alpha value is -1.42. The summed E-state index contributed by atoms with van der Waals surface area (Å²) in [6.45, 7) is 4.41. The van der Waals surface area contributed by atoms with Crippen molar-refractivity contribution in [2.75, 3.05) is 6.54 Å². The Kier molecular flexibility index (Phi) is 5.10. The van der Waals surface area contributed by atoms with E-state index in [1.165, 1.54) is 12.1 Å². The van der Waals surface area contributed by atoms with Crippen molar-refractivity contribution >= 4 is 5.91 Å². The normalized spacial score (nSPS) is 12.5. The SMILES string of the molecule is CC(C)C(CN)NC(=O)Cc1cccc(F)c1. The average molecular weight is 238 g/mol. The van der Waals surface area contributed by atoms with E-state index < -0.39 is 0 Å². The van der Waals surface area contributed by atoms with Gasteiger partial charge in [-0.05, 0) is 23.6 Å². The van der Waals surface area contributed by atoms with Gasteiger partial charge in [-0.2, -0.15) is 0 Å². The van der Waals surface area contributed by atoms with Gasteiger partial charge >= 0.3 is 0 Å². The molecule has 0 heterocycles. The van der Waals surface area contributed by atoms with Gasteiger partial charge in [-0.3, -0.25) is 4.79 Å². The van der Waals surface area contributed by atoms with Crippen molar-refractivity contribution < 1.29 is 9.18 Å². The number of benzene rings is 1. The number of halogens is 1. The van der Waals surface area contributed by atoms with Gasteiger partial charge in [-0.15, -0.1) is 0 Å². The van der Waals surface area contributed by atoms with Crippen LogP contribution in [0.2, 0.25) is 0 Å². The molecule has 0 saturated carbocycles. The number of nitrogens with one attached hydrogen (secondary N) is 1. The Labute approximate surface area is 101 Å². The summed E-state index contributed by atoms with van der Waals surface area (Å²) in [5, 5.41) is 2.85. The zero-order chi connectivity index (χ0) is 12.8. The van der Waals surface area contributed by atoms with Crippen molar-refractivity contribution in [3.8, 4) is 0 Å². The molecule has 0 radical (unpaired) electrons. The third-order valence-electron chi connectivity index (χ3n) is 2.66. The van der Waals surface area contributed by atoms with E-state index in [4.69, 9.17) is 5.73 Å². The predicted octanol–water partition coefficient (Wildman–Crippen LogP) is 1.47. The Bertz CT molecular complexity index is 379. The summed E-state index contributed by atoms with van der Waals surface area (Å²) in [6, 6.07) is 6.03. The molecule has 0 aliphatic rings. The van der Waals surface area contributed by atoms with E-state index in [1.807, 2.05) is 13.8 Å². The minimum atomic E-state index is -0.325. The van der Waals surface area contributed by atoms with Gasteiger partial charge in [-0.1, -0.05) is 26.0 Å². The molecule has 1 aromatic carbocycles. The molecule has 94 valence electrons. The van der Waals surface area contributed by atoms with E-state index in [1.54, 1.807) is 12.1 Å². The molecule has 0 spiro atoms. The van der Waals surface area contributed by atoms with Crippen molar-refractivity contribution in [2.24, 2.45) is 11.7 Å². The molecule has 1 unspecified atom stereocenters. The monoisotopic (exact) mass is 238 g/mol. The second-order valence-corrected chi connectivity index (χ2v) is 4.46. The number of amides is 1. The molecule has 0 fully saturated rings. The van der Waals surface area contributed by atoms with Crippen LogP contribution in [0.3, 0.4) is 0 Å². The van der Waals surface area contributed by atoms with Crippen LogP contribution in [0, 0.1) is 11.7 Å². The number of hydrogen-bond acceptors (Lipinski definition) is 2. The first-order valence-electron chi connectivity index (χ1n) is 5.76. The molecule has 1 atom stereocenters. The molecular weight excluding hydrogens is 219 g/mol. The van der Waals surface area contributed by atoms with Crippen molar-refractivity contribution in [2.45, 2.75) is 26.3 Å². The lowest BCUT2D eigenvalue weighted by atomic mass is 10.0. The second kappa shape index (κ2) is 6.35.